The SMILES string of the molecule is COCCOCCCN1CCC2(CC1)NC(=O)Cc1ccccc12. The number of hydrogen-bond donors (Lipinski definition) is 1. The highest BCUT2D eigenvalue weighted by Crippen LogP contribution is 2.37. The van der Waals surface area contributed by atoms with E-state index >= 15 is 0 Å². The van der Waals surface area contributed by atoms with Crippen molar-refractivity contribution in [3.05, 3.63) is 35.4 Å². The second-order valence-electron chi connectivity index (χ2n) is 6.76. The van der Waals surface area contributed by atoms with Gasteiger partial charge in [-0.15, -0.1) is 0 Å². The first-order valence-electron chi connectivity index (χ1n) is 8.92. The Hall–Kier alpha value is -1.43. The van der Waals surface area contributed by atoms with Crippen LogP contribution in [0.1, 0.15) is 30.4 Å². The van der Waals surface area contributed by atoms with Gasteiger partial charge in [-0.3, -0.25) is 4.79 Å². The molecule has 1 aromatic carbocycles. The lowest BCUT2D eigenvalue weighted by molar-refractivity contribution is -0.124. The van der Waals surface area contributed by atoms with Crippen molar-refractivity contribution in [3.63, 3.8) is 0 Å². The van der Waals surface area contributed by atoms with Crippen LogP contribution < -0.4 is 5.32 Å². The maximum absolute atomic E-state index is 12.1. The van der Waals surface area contributed by atoms with Gasteiger partial charge in [0.2, 0.25) is 5.91 Å². The highest BCUT2D eigenvalue weighted by Gasteiger charge is 2.41. The summed E-state index contributed by atoms with van der Waals surface area (Å²) in [4.78, 5) is 14.6. The number of methoxy groups -OCH3 is 1. The van der Waals surface area contributed by atoms with Crippen LogP contribution >= 0.6 is 0 Å². The summed E-state index contributed by atoms with van der Waals surface area (Å²) in [6, 6.07) is 8.40. The minimum Gasteiger partial charge on any atom is -0.382 e. The zero-order chi connectivity index (χ0) is 16.8. The Bertz CT molecular complexity index is 553. The third-order valence-electron chi connectivity index (χ3n) is 5.17. The molecule has 5 heteroatoms. The first kappa shape index (κ1) is 17.4. The Morgan fingerprint density at radius 3 is 2.75 bits per heavy atom. The van der Waals surface area contributed by atoms with Gasteiger partial charge in [0.15, 0.2) is 0 Å². The summed E-state index contributed by atoms with van der Waals surface area (Å²) in [5, 5.41) is 3.29. The molecule has 132 valence electrons. The Morgan fingerprint density at radius 2 is 1.96 bits per heavy atom. The summed E-state index contributed by atoms with van der Waals surface area (Å²) in [5.41, 5.74) is 2.37. The van der Waals surface area contributed by atoms with E-state index in [-0.39, 0.29) is 11.4 Å². The summed E-state index contributed by atoms with van der Waals surface area (Å²) in [7, 11) is 1.69. The topological polar surface area (TPSA) is 50.8 Å². The van der Waals surface area contributed by atoms with Crippen molar-refractivity contribution in [1.29, 1.82) is 0 Å². The molecule has 0 atom stereocenters. The quantitative estimate of drug-likeness (QED) is 0.772. The lowest BCUT2D eigenvalue weighted by atomic mass is 9.75. The number of nitrogens with zero attached hydrogens (tertiary/aromatic N) is 1. The van der Waals surface area contributed by atoms with Crippen LogP contribution in [0.4, 0.5) is 0 Å². The molecule has 2 aliphatic heterocycles. The molecule has 0 unspecified atom stereocenters. The maximum Gasteiger partial charge on any atom is 0.225 e. The molecule has 3 rings (SSSR count). The van der Waals surface area contributed by atoms with Gasteiger partial charge in [-0.2, -0.15) is 0 Å². The molecule has 1 fully saturated rings. The number of fused-ring (bicyclic) bond motifs is 2. The number of ether oxygens (including phenoxy) is 2. The molecule has 1 aromatic rings. The average Bonchev–Trinajstić information content (AvgIpc) is 2.59. The van der Waals surface area contributed by atoms with Crippen molar-refractivity contribution in [3.8, 4) is 0 Å². The summed E-state index contributed by atoms with van der Waals surface area (Å²) >= 11 is 0. The fourth-order valence-corrected chi connectivity index (χ4v) is 3.88. The van der Waals surface area contributed by atoms with E-state index in [4.69, 9.17) is 9.47 Å². The number of amides is 1. The molecule has 0 bridgehead atoms. The first-order valence-corrected chi connectivity index (χ1v) is 8.92. The van der Waals surface area contributed by atoms with Crippen LogP contribution in [0, 0.1) is 0 Å². The Morgan fingerprint density at radius 1 is 1.17 bits per heavy atom. The molecule has 0 radical (unpaired) electrons. The number of rotatable bonds is 7. The van der Waals surface area contributed by atoms with Crippen molar-refractivity contribution in [2.24, 2.45) is 0 Å². The molecular formula is C19H28N2O3. The van der Waals surface area contributed by atoms with Gasteiger partial charge in [0.05, 0.1) is 25.2 Å². The fraction of sp³-hybridized carbons (Fsp3) is 0.632. The van der Waals surface area contributed by atoms with Gasteiger partial charge in [0, 0.05) is 33.4 Å². The van der Waals surface area contributed by atoms with Gasteiger partial charge in [0.1, 0.15) is 0 Å². The van der Waals surface area contributed by atoms with E-state index in [2.05, 4.69) is 28.4 Å². The Balaban J connectivity index is 1.51. The van der Waals surface area contributed by atoms with E-state index in [9.17, 15) is 4.79 Å². The average molecular weight is 332 g/mol. The number of piperidine rings is 1. The number of hydrogen-bond acceptors (Lipinski definition) is 4. The largest absolute Gasteiger partial charge is 0.382 e. The summed E-state index contributed by atoms with van der Waals surface area (Å²) < 4.78 is 10.5. The standard InChI is InChI=1S/C19H28N2O3/c1-23-13-14-24-12-4-9-21-10-7-19(8-11-21)17-6-3-2-5-16(17)15-18(22)20-19/h2-3,5-6H,4,7-15H2,1H3,(H,20,22). The highest BCUT2D eigenvalue weighted by molar-refractivity contribution is 5.82. The fourth-order valence-electron chi connectivity index (χ4n) is 3.88. The number of carbonyl (C=O) groups excluding carboxylic acids is 1. The van der Waals surface area contributed by atoms with Gasteiger partial charge in [-0.05, 0) is 30.4 Å². The van der Waals surface area contributed by atoms with Crippen molar-refractivity contribution >= 4 is 5.91 Å². The van der Waals surface area contributed by atoms with Crippen LogP contribution in [0.15, 0.2) is 24.3 Å². The third-order valence-corrected chi connectivity index (χ3v) is 5.17. The van der Waals surface area contributed by atoms with Crippen LogP contribution in [0.2, 0.25) is 0 Å². The van der Waals surface area contributed by atoms with Gasteiger partial charge >= 0.3 is 0 Å². The minimum absolute atomic E-state index is 0.155. The van der Waals surface area contributed by atoms with Gasteiger partial charge in [0.25, 0.3) is 0 Å². The van der Waals surface area contributed by atoms with Crippen molar-refractivity contribution in [2.45, 2.75) is 31.2 Å². The monoisotopic (exact) mass is 332 g/mol. The molecule has 1 saturated heterocycles. The second-order valence-corrected chi connectivity index (χ2v) is 6.76. The predicted octanol–water partition coefficient (Wildman–Crippen LogP) is 1.70. The normalized spacial score (nSPS) is 20.0. The highest BCUT2D eigenvalue weighted by atomic mass is 16.5. The van der Waals surface area contributed by atoms with E-state index in [1.165, 1.54) is 11.1 Å². The Kier molecular flexibility index (Phi) is 5.87. The van der Waals surface area contributed by atoms with Crippen molar-refractivity contribution in [1.82, 2.24) is 10.2 Å². The van der Waals surface area contributed by atoms with E-state index in [0.29, 0.717) is 19.6 Å². The molecule has 1 spiro atoms. The molecule has 24 heavy (non-hydrogen) atoms. The molecule has 0 aliphatic carbocycles. The van der Waals surface area contributed by atoms with Crippen LogP contribution in [-0.2, 0) is 26.2 Å². The van der Waals surface area contributed by atoms with E-state index < -0.39 is 0 Å². The third kappa shape index (κ3) is 3.97. The smallest absolute Gasteiger partial charge is 0.225 e. The number of benzene rings is 1. The van der Waals surface area contributed by atoms with Crippen LogP contribution in [0.3, 0.4) is 0 Å². The van der Waals surface area contributed by atoms with Gasteiger partial charge in [-0.25, -0.2) is 0 Å². The summed E-state index contributed by atoms with van der Waals surface area (Å²) in [6.07, 6.45) is 3.53. The Labute approximate surface area is 144 Å². The number of likely N-dealkylation sites (tertiary alicyclic amines) is 1. The zero-order valence-electron chi connectivity index (χ0n) is 14.6. The molecule has 2 aliphatic rings. The minimum atomic E-state index is -0.155. The van der Waals surface area contributed by atoms with Crippen LogP contribution in [-0.4, -0.2) is 57.4 Å². The molecule has 5 nitrogen and oxygen atoms in total. The molecule has 1 amide bonds. The zero-order valence-corrected chi connectivity index (χ0v) is 14.6. The number of nitrogens with one attached hydrogen (secondary N) is 1. The van der Waals surface area contributed by atoms with Gasteiger partial charge < -0.3 is 19.7 Å². The van der Waals surface area contributed by atoms with E-state index in [0.717, 1.165) is 45.5 Å². The van der Waals surface area contributed by atoms with Gasteiger partial charge in [-0.1, -0.05) is 24.3 Å². The van der Waals surface area contributed by atoms with E-state index in [1.807, 2.05) is 6.07 Å². The summed E-state index contributed by atoms with van der Waals surface area (Å²) in [6.45, 7) is 5.20. The molecule has 0 saturated carbocycles. The molecule has 2 heterocycles. The van der Waals surface area contributed by atoms with Crippen LogP contribution in [0.25, 0.3) is 0 Å². The molecule has 1 N–H and O–H groups in total. The molecular weight excluding hydrogens is 304 g/mol. The van der Waals surface area contributed by atoms with Crippen molar-refractivity contribution in [2.75, 3.05) is 46.6 Å². The lowest BCUT2D eigenvalue weighted by Gasteiger charge is -2.45. The maximum atomic E-state index is 12.1. The first-order chi connectivity index (χ1) is 11.7. The van der Waals surface area contributed by atoms with Crippen LogP contribution in [0.5, 0.6) is 0 Å². The lowest BCUT2D eigenvalue weighted by Crippen LogP contribution is -2.56. The summed E-state index contributed by atoms with van der Waals surface area (Å²) in [5.74, 6) is 0.161. The predicted molar refractivity (Wildman–Crippen MR) is 93.0 cm³/mol. The second kappa shape index (κ2) is 8.10. The molecule has 0 aromatic heterocycles. The van der Waals surface area contributed by atoms with E-state index in [1.54, 1.807) is 7.11 Å². The number of carbonyl (C=O) groups is 1. The van der Waals surface area contributed by atoms with Crippen molar-refractivity contribution < 1.29 is 14.3 Å².